The highest BCUT2D eigenvalue weighted by Crippen LogP contribution is 2.36. The number of hydrogen-bond donors (Lipinski definition) is 3. The van der Waals surface area contributed by atoms with Gasteiger partial charge in [-0.2, -0.15) is 14.3 Å². The van der Waals surface area contributed by atoms with Crippen molar-refractivity contribution >= 4 is 27.3 Å². The van der Waals surface area contributed by atoms with Gasteiger partial charge in [-0.1, -0.05) is 0 Å². The summed E-state index contributed by atoms with van der Waals surface area (Å²) in [4.78, 5) is 13.6. The molecule has 226 valence electrons. The lowest BCUT2D eigenvalue weighted by atomic mass is 9.84. The molecule has 3 N–H and O–H groups in total. The third-order valence-corrected chi connectivity index (χ3v) is 10.6. The summed E-state index contributed by atoms with van der Waals surface area (Å²) in [6.07, 6.45) is 12.6. The zero-order valence-corrected chi connectivity index (χ0v) is 24.5. The van der Waals surface area contributed by atoms with Crippen LogP contribution in [0.25, 0.3) is 22.6 Å². The molecule has 43 heavy (non-hydrogen) atoms. The molecule has 5 heterocycles. The third kappa shape index (κ3) is 5.73. The van der Waals surface area contributed by atoms with Crippen LogP contribution in [0.4, 0.5) is 21.7 Å². The largest absolute Gasteiger partial charge is 0.393 e. The fourth-order valence-electron chi connectivity index (χ4n) is 5.83. The Bertz CT molecular complexity index is 1720. The molecular formula is C29H34FN9O3S. The second-order valence-corrected chi connectivity index (χ2v) is 13.9. The van der Waals surface area contributed by atoms with Crippen LogP contribution in [0.5, 0.6) is 0 Å². The first-order valence-corrected chi connectivity index (χ1v) is 16.3. The van der Waals surface area contributed by atoms with Crippen molar-refractivity contribution in [3.05, 3.63) is 48.7 Å². The van der Waals surface area contributed by atoms with Gasteiger partial charge >= 0.3 is 0 Å². The minimum absolute atomic E-state index is 0.0378. The molecule has 0 aromatic carbocycles. The van der Waals surface area contributed by atoms with Gasteiger partial charge in [-0.25, -0.2) is 27.8 Å². The Hall–Kier alpha value is -3.91. The van der Waals surface area contributed by atoms with E-state index in [4.69, 9.17) is 5.10 Å². The van der Waals surface area contributed by atoms with E-state index in [1.165, 1.54) is 18.1 Å². The second-order valence-electron chi connectivity index (χ2n) is 11.8. The van der Waals surface area contributed by atoms with E-state index < -0.39 is 22.3 Å². The topological polar surface area (TPSA) is 153 Å². The summed E-state index contributed by atoms with van der Waals surface area (Å²) in [5.41, 5.74) is 2.71. The van der Waals surface area contributed by atoms with Crippen molar-refractivity contribution in [3.8, 4) is 22.6 Å². The number of aliphatic hydroxyl groups excluding tert-OH is 1. The minimum Gasteiger partial charge on any atom is -0.393 e. The van der Waals surface area contributed by atoms with Crippen molar-refractivity contribution in [2.75, 3.05) is 17.2 Å². The molecular weight excluding hydrogens is 573 g/mol. The minimum atomic E-state index is -3.49. The van der Waals surface area contributed by atoms with Gasteiger partial charge in [-0.3, -0.25) is 4.68 Å². The highest BCUT2D eigenvalue weighted by atomic mass is 32.2. The summed E-state index contributed by atoms with van der Waals surface area (Å²) in [7, 11) is -3.49. The normalized spacial score (nSPS) is 22.2. The van der Waals surface area contributed by atoms with Crippen LogP contribution in [0.15, 0.2) is 43.0 Å². The fourth-order valence-corrected chi connectivity index (χ4v) is 7.31. The van der Waals surface area contributed by atoms with Gasteiger partial charge in [-0.05, 0) is 69.9 Å². The molecule has 2 saturated carbocycles. The molecule has 1 aliphatic heterocycles. The molecule has 12 nitrogen and oxygen atoms in total. The third-order valence-electron chi connectivity index (χ3n) is 8.56. The zero-order valence-electron chi connectivity index (χ0n) is 23.7. The molecule has 7 rings (SSSR count). The number of rotatable bonds is 9. The number of alkyl halides is 1. The van der Waals surface area contributed by atoms with Crippen molar-refractivity contribution in [3.63, 3.8) is 0 Å². The van der Waals surface area contributed by atoms with Crippen molar-refractivity contribution in [2.45, 2.75) is 81.3 Å². The predicted molar refractivity (Wildman–Crippen MR) is 159 cm³/mol. The SMILES string of the molecule is O=S(=O)(C1CC1)n1cc(-c2nccc(Nc3cc(NC4CCC(F)(CO)CC4)c(-c4cc5n(n4)CCCC5)cn3)n2)cn1. The molecule has 0 spiro atoms. The molecule has 2 aliphatic carbocycles. The molecule has 4 aromatic heterocycles. The first-order valence-electron chi connectivity index (χ1n) is 14.8. The number of aromatic nitrogens is 7. The summed E-state index contributed by atoms with van der Waals surface area (Å²) in [6, 6.07) is 5.76. The molecule has 0 amide bonds. The van der Waals surface area contributed by atoms with Crippen LogP contribution in [0.1, 0.15) is 57.1 Å². The number of nitrogens with one attached hydrogen (secondary N) is 2. The summed E-state index contributed by atoms with van der Waals surface area (Å²) >= 11 is 0. The Kier molecular flexibility index (Phi) is 7.12. The Morgan fingerprint density at radius 1 is 1.07 bits per heavy atom. The van der Waals surface area contributed by atoms with Crippen molar-refractivity contribution in [1.29, 1.82) is 0 Å². The van der Waals surface area contributed by atoms with Crippen LogP contribution in [-0.2, 0) is 23.0 Å². The van der Waals surface area contributed by atoms with Crippen molar-refractivity contribution < 1.29 is 17.9 Å². The van der Waals surface area contributed by atoms with Crippen molar-refractivity contribution in [1.82, 2.24) is 33.9 Å². The number of anilines is 3. The predicted octanol–water partition coefficient (Wildman–Crippen LogP) is 4.07. The van der Waals surface area contributed by atoms with Gasteiger partial charge in [0.2, 0.25) is 0 Å². The number of halogens is 1. The quantitative estimate of drug-likeness (QED) is 0.254. The van der Waals surface area contributed by atoms with E-state index in [-0.39, 0.29) is 11.3 Å². The maximum Gasteiger partial charge on any atom is 0.256 e. The van der Waals surface area contributed by atoms with Crippen LogP contribution in [-0.4, -0.2) is 71.0 Å². The lowest BCUT2D eigenvalue weighted by Crippen LogP contribution is -2.37. The molecule has 0 atom stereocenters. The zero-order chi connectivity index (χ0) is 29.6. The number of hydrogen-bond acceptors (Lipinski definition) is 10. The first-order chi connectivity index (χ1) is 20.8. The number of pyridine rings is 1. The van der Waals surface area contributed by atoms with E-state index >= 15 is 0 Å². The molecule has 3 aliphatic rings. The summed E-state index contributed by atoms with van der Waals surface area (Å²) in [6.45, 7) is 0.446. The van der Waals surface area contributed by atoms with Crippen molar-refractivity contribution in [2.24, 2.45) is 0 Å². The molecule has 4 aromatic rings. The molecule has 14 heteroatoms. The number of aryl methyl sites for hydroxylation is 2. The number of aliphatic hydroxyl groups is 1. The smallest absolute Gasteiger partial charge is 0.256 e. The van der Waals surface area contributed by atoms with Crippen LogP contribution in [0.2, 0.25) is 0 Å². The van der Waals surface area contributed by atoms with E-state index in [0.717, 1.165) is 46.8 Å². The number of nitrogens with zero attached hydrogens (tertiary/aromatic N) is 7. The van der Waals surface area contributed by atoms with Gasteiger partial charge in [0.1, 0.15) is 17.3 Å². The Morgan fingerprint density at radius 3 is 2.67 bits per heavy atom. The van der Waals surface area contributed by atoms with Crippen LogP contribution in [0.3, 0.4) is 0 Å². The highest BCUT2D eigenvalue weighted by Gasteiger charge is 2.38. The van der Waals surface area contributed by atoms with Gasteiger partial charge in [0.15, 0.2) is 5.82 Å². The Labute approximate surface area is 248 Å². The average molecular weight is 608 g/mol. The van der Waals surface area contributed by atoms with Gasteiger partial charge < -0.3 is 15.7 Å². The summed E-state index contributed by atoms with van der Waals surface area (Å²) in [5, 5.41) is 24.8. The van der Waals surface area contributed by atoms with E-state index in [9.17, 15) is 17.9 Å². The molecule has 0 radical (unpaired) electrons. The molecule has 0 unspecified atom stereocenters. The lowest BCUT2D eigenvalue weighted by Gasteiger charge is -2.33. The van der Waals surface area contributed by atoms with Gasteiger partial charge in [0.05, 0.1) is 35.5 Å². The van der Waals surface area contributed by atoms with E-state index in [1.54, 1.807) is 18.5 Å². The van der Waals surface area contributed by atoms with E-state index in [0.29, 0.717) is 61.5 Å². The number of fused-ring (bicyclic) bond motifs is 1. The van der Waals surface area contributed by atoms with Crippen LogP contribution >= 0.6 is 0 Å². The monoisotopic (exact) mass is 607 g/mol. The van der Waals surface area contributed by atoms with Crippen LogP contribution < -0.4 is 10.6 Å². The Balaban J connectivity index is 1.15. The van der Waals surface area contributed by atoms with E-state index in [1.807, 2.05) is 6.07 Å². The highest BCUT2D eigenvalue weighted by molar-refractivity contribution is 7.90. The lowest BCUT2D eigenvalue weighted by molar-refractivity contribution is 0.0337. The molecule has 2 fully saturated rings. The summed E-state index contributed by atoms with van der Waals surface area (Å²) < 4.78 is 42.9. The summed E-state index contributed by atoms with van der Waals surface area (Å²) in [5.74, 6) is 1.36. The van der Waals surface area contributed by atoms with E-state index in [2.05, 4.69) is 41.4 Å². The van der Waals surface area contributed by atoms with Gasteiger partial charge in [0.25, 0.3) is 10.0 Å². The molecule has 0 bridgehead atoms. The molecule has 0 saturated heterocycles. The Morgan fingerprint density at radius 2 is 1.91 bits per heavy atom. The average Bonchev–Trinajstić information content (AvgIpc) is 3.60. The first kappa shape index (κ1) is 27.9. The maximum atomic E-state index is 14.7. The standard InChI is InChI=1S/C29H34FN9O3S/c30-29(18-40)9-6-20(7-10-29)34-24-14-27(32-16-23(24)25-13-21-3-1-2-12-38(21)37-25)35-26-8-11-31-28(36-26)19-15-33-39(17-19)43(41,42)22-4-5-22/h8,11,13-17,20,22,40H,1-7,9-10,12,18H2,(H2,31,32,34,35,36). The second kappa shape index (κ2) is 11.0. The van der Waals surface area contributed by atoms with Gasteiger partial charge in [-0.15, -0.1) is 0 Å². The fraction of sp³-hybridized carbons (Fsp3) is 0.483. The maximum absolute atomic E-state index is 14.7. The van der Waals surface area contributed by atoms with Gasteiger partial charge in [0, 0.05) is 48.0 Å². The van der Waals surface area contributed by atoms with Crippen LogP contribution in [0, 0.1) is 0 Å².